The first-order valence-electron chi connectivity index (χ1n) is 5.26. The lowest BCUT2D eigenvalue weighted by Gasteiger charge is -2.16. The topological polar surface area (TPSA) is 38.3 Å². The van der Waals surface area contributed by atoms with E-state index in [1.54, 1.807) is 0 Å². The van der Waals surface area contributed by atoms with E-state index in [0.717, 1.165) is 11.0 Å². The fourth-order valence-corrected chi connectivity index (χ4v) is 2.40. The monoisotopic (exact) mass is 283 g/mol. The maximum Gasteiger partial charge on any atom is 0.310 e. The molecule has 0 bridgehead atoms. The Labute approximate surface area is 103 Å². The number of hydrogen-bond donors (Lipinski definition) is 1. The summed E-state index contributed by atoms with van der Waals surface area (Å²) in [5, 5.41) is 3.24. The molecule has 0 aromatic heterocycles. The van der Waals surface area contributed by atoms with Crippen LogP contribution in [-0.2, 0) is 9.53 Å². The summed E-state index contributed by atoms with van der Waals surface area (Å²) in [5.74, 6) is 0.0321. The molecule has 0 spiro atoms. The Hall–Kier alpha value is -0.870. The van der Waals surface area contributed by atoms with E-state index < -0.39 is 0 Å². The highest BCUT2D eigenvalue weighted by Crippen LogP contribution is 2.29. The second-order valence-corrected chi connectivity index (χ2v) is 4.86. The molecule has 2 rings (SSSR count). The highest BCUT2D eigenvalue weighted by molar-refractivity contribution is 9.10. The average molecular weight is 284 g/mol. The molecular weight excluding hydrogens is 270 g/mol. The quantitative estimate of drug-likeness (QED) is 0.843. The molecule has 1 saturated heterocycles. The summed E-state index contributed by atoms with van der Waals surface area (Å²) in [4.78, 5) is 11.6. The molecule has 3 nitrogen and oxygen atoms in total. The molecule has 86 valence electrons. The first-order valence-corrected chi connectivity index (χ1v) is 6.05. The van der Waals surface area contributed by atoms with Gasteiger partial charge in [-0.15, -0.1) is 0 Å². The second kappa shape index (κ2) is 4.97. The largest absolute Gasteiger partial charge is 0.469 e. The first kappa shape index (κ1) is 11.6. The van der Waals surface area contributed by atoms with E-state index in [0.29, 0.717) is 6.54 Å². The molecule has 16 heavy (non-hydrogen) atoms. The highest BCUT2D eigenvalue weighted by Gasteiger charge is 2.34. The van der Waals surface area contributed by atoms with Crippen molar-refractivity contribution in [2.75, 3.05) is 20.2 Å². The maximum absolute atomic E-state index is 11.6. The van der Waals surface area contributed by atoms with Crippen molar-refractivity contribution in [3.05, 3.63) is 34.3 Å². The highest BCUT2D eigenvalue weighted by atomic mass is 79.9. The van der Waals surface area contributed by atoms with Gasteiger partial charge in [0.25, 0.3) is 0 Å². The molecule has 0 amide bonds. The summed E-state index contributed by atoms with van der Waals surface area (Å²) in [6.07, 6.45) is 0. The van der Waals surface area contributed by atoms with Crippen LogP contribution >= 0.6 is 15.9 Å². The minimum atomic E-state index is -0.127. The van der Waals surface area contributed by atoms with E-state index in [1.165, 1.54) is 12.7 Å². The summed E-state index contributed by atoms with van der Waals surface area (Å²) in [5.41, 5.74) is 1.18. The van der Waals surface area contributed by atoms with Gasteiger partial charge in [0.05, 0.1) is 13.0 Å². The van der Waals surface area contributed by atoms with Gasteiger partial charge in [0.1, 0.15) is 0 Å². The zero-order valence-electron chi connectivity index (χ0n) is 9.07. The molecule has 1 fully saturated rings. The van der Waals surface area contributed by atoms with Crippen molar-refractivity contribution in [1.82, 2.24) is 5.32 Å². The van der Waals surface area contributed by atoms with E-state index in [-0.39, 0.29) is 17.8 Å². The Balaban J connectivity index is 2.19. The SMILES string of the molecule is COC(=O)[C@@H]1CNC[C@H]1c1ccc(Br)cc1. The van der Waals surface area contributed by atoms with Crippen LogP contribution in [0.25, 0.3) is 0 Å². The van der Waals surface area contributed by atoms with Crippen molar-refractivity contribution < 1.29 is 9.53 Å². The zero-order chi connectivity index (χ0) is 11.5. The van der Waals surface area contributed by atoms with E-state index in [2.05, 4.69) is 33.4 Å². The van der Waals surface area contributed by atoms with Gasteiger partial charge in [0.2, 0.25) is 0 Å². The van der Waals surface area contributed by atoms with Gasteiger partial charge < -0.3 is 10.1 Å². The maximum atomic E-state index is 11.6. The zero-order valence-corrected chi connectivity index (χ0v) is 10.7. The van der Waals surface area contributed by atoms with Crippen molar-refractivity contribution >= 4 is 21.9 Å². The van der Waals surface area contributed by atoms with Crippen molar-refractivity contribution in [3.63, 3.8) is 0 Å². The molecule has 0 radical (unpaired) electrons. The Morgan fingerprint density at radius 2 is 2.06 bits per heavy atom. The third kappa shape index (κ3) is 2.28. The summed E-state index contributed by atoms with van der Waals surface area (Å²) in [7, 11) is 1.44. The lowest BCUT2D eigenvalue weighted by Crippen LogP contribution is -2.22. The first-order chi connectivity index (χ1) is 7.72. The Bertz CT molecular complexity index is 377. The number of methoxy groups -OCH3 is 1. The molecular formula is C12H14BrNO2. The Kier molecular flexibility index (Phi) is 3.61. The molecule has 1 heterocycles. The average Bonchev–Trinajstić information content (AvgIpc) is 2.78. The number of rotatable bonds is 2. The van der Waals surface area contributed by atoms with Gasteiger partial charge in [-0.1, -0.05) is 28.1 Å². The van der Waals surface area contributed by atoms with Crippen LogP contribution in [0.2, 0.25) is 0 Å². The molecule has 1 N–H and O–H groups in total. The fraction of sp³-hybridized carbons (Fsp3) is 0.417. The van der Waals surface area contributed by atoms with Crippen LogP contribution in [0.4, 0.5) is 0 Å². The second-order valence-electron chi connectivity index (χ2n) is 3.95. The molecule has 0 saturated carbocycles. The van der Waals surface area contributed by atoms with Crippen molar-refractivity contribution in [3.8, 4) is 0 Å². The fourth-order valence-electron chi connectivity index (χ4n) is 2.14. The van der Waals surface area contributed by atoms with Crippen LogP contribution < -0.4 is 5.32 Å². The number of carbonyl (C=O) groups excluding carboxylic acids is 1. The van der Waals surface area contributed by atoms with Crippen LogP contribution in [0.1, 0.15) is 11.5 Å². The number of carbonyl (C=O) groups is 1. The third-order valence-electron chi connectivity index (χ3n) is 3.02. The molecule has 0 unspecified atom stereocenters. The molecule has 2 atom stereocenters. The van der Waals surface area contributed by atoms with Gasteiger partial charge in [-0.25, -0.2) is 0 Å². The van der Waals surface area contributed by atoms with Gasteiger partial charge in [-0.2, -0.15) is 0 Å². The Morgan fingerprint density at radius 3 is 2.69 bits per heavy atom. The van der Waals surface area contributed by atoms with Gasteiger partial charge >= 0.3 is 5.97 Å². The predicted octanol–water partition coefficient (Wildman–Crippen LogP) is 1.93. The molecule has 1 aromatic rings. The molecule has 0 aliphatic carbocycles. The van der Waals surface area contributed by atoms with Gasteiger partial charge in [0, 0.05) is 23.5 Å². The number of nitrogens with one attached hydrogen (secondary N) is 1. The third-order valence-corrected chi connectivity index (χ3v) is 3.54. The smallest absolute Gasteiger partial charge is 0.310 e. The van der Waals surface area contributed by atoms with Gasteiger partial charge in [-0.05, 0) is 17.7 Å². The minimum Gasteiger partial charge on any atom is -0.469 e. The van der Waals surface area contributed by atoms with E-state index in [9.17, 15) is 4.79 Å². The number of hydrogen-bond acceptors (Lipinski definition) is 3. The van der Waals surface area contributed by atoms with E-state index in [1.807, 2.05) is 12.1 Å². The van der Waals surface area contributed by atoms with Gasteiger partial charge in [0.15, 0.2) is 0 Å². The van der Waals surface area contributed by atoms with Crippen LogP contribution in [0.15, 0.2) is 28.7 Å². The molecule has 4 heteroatoms. The molecule has 1 aromatic carbocycles. The normalized spacial score (nSPS) is 24.4. The summed E-state index contributed by atoms with van der Waals surface area (Å²) in [6, 6.07) is 8.11. The van der Waals surface area contributed by atoms with Crippen molar-refractivity contribution in [1.29, 1.82) is 0 Å². The minimum absolute atomic E-state index is 0.0637. The molecule has 1 aliphatic rings. The van der Waals surface area contributed by atoms with E-state index >= 15 is 0 Å². The van der Waals surface area contributed by atoms with Crippen LogP contribution in [0.3, 0.4) is 0 Å². The number of esters is 1. The van der Waals surface area contributed by atoms with E-state index in [4.69, 9.17) is 4.74 Å². The van der Waals surface area contributed by atoms with Crippen molar-refractivity contribution in [2.24, 2.45) is 5.92 Å². The molecule has 1 aliphatic heterocycles. The van der Waals surface area contributed by atoms with Gasteiger partial charge in [-0.3, -0.25) is 4.79 Å². The number of ether oxygens (including phenoxy) is 1. The summed E-state index contributed by atoms with van der Waals surface area (Å²) in [6.45, 7) is 1.54. The summed E-state index contributed by atoms with van der Waals surface area (Å²) >= 11 is 3.40. The predicted molar refractivity (Wildman–Crippen MR) is 65.3 cm³/mol. The van der Waals surface area contributed by atoms with Crippen molar-refractivity contribution in [2.45, 2.75) is 5.92 Å². The summed E-state index contributed by atoms with van der Waals surface area (Å²) < 4.78 is 5.87. The lowest BCUT2D eigenvalue weighted by atomic mass is 9.89. The van der Waals surface area contributed by atoms with Crippen LogP contribution in [0.5, 0.6) is 0 Å². The Morgan fingerprint density at radius 1 is 1.38 bits per heavy atom. The number of halogens is 1. The van der Waals surface area contributed by atoms with Crippen LogP contribution in [0, 0.1) is 5.92 Å². The van der Waals surface area contributed by atoms with Crippen LogP contribution in [-0.4, -0.2) is 26.2 Å². The lowest BCUT2D eigenvalue weighted by molar-refractivity contribution is -0.145. The number of benzene rings is 1. The standard InChI is InChI=1S/C12H14BrNO2/c1-16-12(15)11-7-14-6-10(11)8-2-4-9(13)5-3-8/h2-5,10-11,14H,6-7H2,1H3/t10-,11+/m0/s1.